The zero-order valence-electron chi connectivity index (χ0n) is 27.5. The molecule has 0 unspecified atom stereocenters. The number of ether oxygens (including phenoxy) is 1. The number of phenols is 2. The molecule has 1 aromatic heterocycles. The highest BCUT2D eigenvalue weighted by atomic mass is 16.5. The number of Topliss-reactive ketones (excluding diaryl/α,β-unsaturated/α-hetero) is 1. The van der Waals surface area contributed by atoms with Gasteiger partial charge in [-0.1, -0.05) is 62.2 Å². The zero-order chi connectivity index (χ0) is 33.9. The Bertz CT molecular complexity index is 1760. The van der Waals surface area contributed by atoms with Crippen LogP contribution in [-0.4, -0.2) is 33.4 Å². The van der Waals surface area contributed by atoms with Gasteiger partial charge < -0.3 is 31.0 Å². The summed E-state index contributed by atoms with van der Waals surface area (Å²) in [5.74, 6) is 0.138. The molecule has 0 aliphatic carbocycles. The van der Waals surface area contributed by atoms with Gasteiger partial charge in [0.2, 0.25) is 0 Å². The number of hydrogen-bond acceptors (Lipinski definition) is 7. The second kappa shape index (κ2) is 16.7. The molecule has 4 aromatic rings. The fraction of sp³-hybridized carbons (Fsp3) is 0.300. The van der Waals surface area contributed by atoms with Crippen LogP contribution in [0.25, 0.3) is 6.08 Å². The summed E-state index contributed by atoms with van der Waals surface area (Å²) in [6.07, 6.45) is 16.4. The van der Waals surface area contributed by atoms with Crippen LogP contribution in [-0.2, 0) is 17.6 Å². The van der Waals surface area contributed by atoms with Crippen LogP contribution in [0.2, 0.25) is 0 Å². The third-order valence-corrected chi connectivity index (χ3v) is 8.77. The van der Waals surface area contributed by atoms with Gasteiger partial charge in [-0.2, -0.15) is 0 Å². The van der Waals surface area contributed by atoms with Crippen molar-refractivity contribution >= 4 is 17.6 Å². The van der Waals surface area contributed by atoms with Crippen LogP contribution in [0.15, 0.2) is 91.4 Å². The number of rotatable bonds is 17. The zero-order valence-corrected chi connectivity index (χ0v) is 27.5. The minimum absolute atomic E-state index is 0.0343. The summed E-state index contributed by atoms with van der Waals surface area (Å²) < 4.78 is 6.00. The maximum Gasteiger partial charge on any atom is 0.165 e. The molecule has 2 atom stereocenters. The first-order valence-corrected chi connectivity index (χ1v) is 16.8. The third kappa shape index (κ3) is 9.04. The maximum absolute atomic E-state index is 13.3. The van der Waals surface area contributed by atoms with Gasteiger partial charge in [-0.05, 0) is 89.7 Å². The third-order valence-electron chi connectivity index (χ3n) is 8.77. The number of hydrogen-bond donors (Lipinski definition) is 5. The molecule has 1 aliphatic heterocycles. The number of aromatic hydroxyl groups is 2. The van der Waals surface area contributed by atoms with Gasteiger partial charge in [-0.15, -0.1) is 0 Å². The van der Waals surface area contributed by atoms with Crippen LogP contribution in [0.5, 0.6) is 17.2 Å². The van der Waals surface area contributed by atoms with Gasteiger partial charge in [-0.25, -0.2) is 0 Å². The topological polar surface area (TPSA) is 138 Å². The maximum atomic E-state index is 13.3. The molecule has 48 heavy (non-hydrogen) atoms. The number of aryl methyl sites for hydroxylation is 1. The highest BCUT2D eigenvalue weighted by molar-refractivity contribution is 5.96. The quantitative estimate of drug-likeness (QED) is 0.0452. The molecule has 0 radical (unpaired) electrons. The molecule has 6 N–H and O–H groups in total. The van der Waals surface area contributed by atoms with Gasteiger partial charge in [0.05, 0.1) is 6.61 Å². The summed E-state index contributed by atoms with van der Waals surface area (Å²) in [6, 6.07) is 18.3. The van der Waals surface area contributed by atoms with E-state index in [4.69, 9.17) is 10.5 Å². The van der Waals surface area contributed by atoms with E-state index in [-0.39, 0.29) is 42.3 Å². The fourth-order valence-corrected chi connectivity index (χ4v) is 6.00. The molecule has 0 bridgehead atoms. The number of carbonyl (C=O) groups excluding carboxylic acids is 2. The van der Waals surface area contributed by atoms with E-state index < -0.39 is 5.92 Å². The molecule has 0 saturated heterocycles. The lowest BCUT2D eigenvalue weighted by molar-refractivity contribution is -0.114. The van der Waals surface area contributed by atoms with E-state index in [1.165, 1.54) is 6.42 Å². The Morgan fingerprint density at radius 3 is 2.58 bits per heavy atom. The van der Waals surface area contributed by atoms with E-state index >= 15 is 0 Å². The molecule has 0 fully saturated rings. The van der Waals surface area contributed by atoms with Crippen LogP contribution in [0.3, 0.4) is 0 Å². The number of nitrogens with one attached hydrogen (secondary N) is 2. The van der Waals surface area contributed by atoms with Crippen molar-refractivity contribution in [3.8, 4) is 17.2 Å². The number of phenolic OH excluding ortho intramolecular Hbond substituents is 2. The summed E-state index contributed by atoms with van der Waals surface area (Å²) in [4.78, 5) is 28.6. The number of aromatic nitrogens is 1. The number of fused-ring (bicyclic) bond motifs is 1. The van der Waals surface area contributed by atoms with Crippen molar-refractivity contribution in [2.75, 3.05) is 6.61 Å². The van der Waals surface area contributed by atoms with Gasteiger partial charge in [0.1, 0.15) is 11.9 Å². The van der Waals surface area contributed by atoms with Crippen LogP contribution in [0.1, 0.15) is 101 Å². The number of aromatic amines is 1. The monoisotopic (exact) mass is 647 g/mol. The van der Waals surface area contributed by atoms with Crippen molar-refractivity contribution in [2.45, 2.75) is 70.4 Å². The van der Waals surface area contributed by atoms with Gasteiger partial charge in [0.25, 0.3) is 0 Å². The molecular weight excluding hydrogens is 602 g/mol. The Hall–Kier alpha value is -5.08. The van der Waals surface area contributed by atoms with Crippen molar-refractivity contribution < 1.29 is 24.5 Å². The van der Waals surface area contributed by atoms with Crippen LogP contribution < -0.4 is 15.8 Å². The van der Waals surface area contributed by atoms with E-state index in [1.807, 2.05) is 54.8 Å². The Labute approximate surface area is 282 Å². The summed E-state index contributed by atoms with van der Waals surface area (Å²) in [5, 5.41) is 24.6. The first kappa shape index (κ1) is 34.3. The summed E-state index contributed by atoms with van der Waals surface area (Å²) in [6.45, 7) is 2.44. The van der Waals surface area contributed by atoms with Crippen molar-refractivity contribution in [3.05, 3.63) is 130 Å². The van der Waals surface area contributed by atoms with Crippen molar-refractivity contribution in [1.29, 1.82) is 0 Å². The first-order chi connectivity index (χ1) is 23.3. The average Bonchev–Trinajstić information content (AvgIpc) is 3.64. The Kier molecular flexibility index (Phi) is 11.9. The lowest BCUT2D eigenvalue weighted by Gasteiger charge is -2.24. The van der Waals surface area contributed by atoms with Crippen molar-refractivity contribution in [2.24, 2.45) is 5.73 Å². The minimum atomic E-state index is -0.410. The molecule has 3 aromatic carbocycles. The number of nitrogens with two attached hydrogens (primary N) is 1. The highest BCUT2D eigenvalue weighted by Crippen LogP contribution is 2.37. The highest BCUT2D eigenvalue weighted by Gasteiger charge is 2.24. The van der Waals surface area contributed by atoms with Gasteiger partial charge >= 0.3 is 0 Å². The van der Waals surface area contributed by atoms with Gasteiger partial charge in [0, 0.05) is 48.7 Å². The first-order valence-electron chi connectivity index (χ1n) is 16.8. The largest absolute Gasteiger partial charge is 0.508 e. The predicted octanol–water partition coefficient (Wildman–Crippen LogP) is 7.62. The molecule has 2 heterocycles. The fourth-order valence-electron chi connectivity index (χ4n) is 6.00. The Morgan fingerprint density at radius 2 is 1.79 bits per heavy atom. The minimum Gasteiger partial charge on any atom is -0.508 e. The second-order valence-corrected chi connectivity index (χ2v) is 12.3. The van der Waals surface area contributed by atoms with E-state index in [0.717, 1.165) is 47.1 Å². The summed E-state index contributed by atoms with van der Waals surface area (Å²) in [5.41, 5.74) is 12.1. The van der Waals surface area contributed by atoms with E-state index in [0.29, 0.717) is 36.1 Å². The lowest BCUT2D eigenvalue weighted by atomic mass is 9.83. The Morgan fingerprint density at radius 1 is 0.979 bits per heavy atom. The van der Waals surface area contributed by atoms with E-state index in [9.17, 15) is 19.8 Å². The van der Waals surface area contributed by atoms with Crippen LogP contribution in [0.4, 0.5) is 0 Å². The smallest absolute Gasteiger partial charge is 0.165 e. The average molecular weight is 648 g/mol. The number of carbonyl (C=O) groups is 2. The SMILES string of the molecule is CCCCC/C=C/C(=O)CCc1ccc(O)c(OCCc2ccc(O)c([C@H](CC(=O)c3cc[nH]c3)c3ccc4c(c3)C=CN[C@H]4N)c2)c1. The van der Waals surface area contributed by atoms with Gasteiger partial charge in [-0.3, -0.25) is 9.59 Å². The number of benzene rings is 3. The molecule has 250 valence electrons. The second-order valence-electron chi connectivity index (χ2n) is 12.3. The number of allylic oxidation sites excluding steroid dienone is 2. The number of H-pyrrole nitrogens is 1. The van der Waals surface area contributed by atoms with Gasteiger partial charge in [0.15, 0.2) is 23.1 Å². The lowest BCUT2D eigenvalue weighted by Crippen LogP contribution is -2.27. The molecule has 8 heteroatoms. The molecule has 5 rings (SSSR count). The molecule has 0 spiro atoms. The summed E-state index contributed by atoms with van der Waals surface area (Å²) in [7, 11) is 0. The van der Waals surface area contributed by atoms with Crippen LogP contribution in [0, 0.1) is 0 Å². The van der Waals surface area contributed by atoms with E-state index in [1.54, 1.807) is 42.7 Å². The van der Waals surface area contributed by atoms with Crippen molar-refractivity contribution in [1.82, 2.24) is 10.3 Å². The molecule has 8 nitrogen and oxygen atoms in total. The van der Waals surface area contributed by atoms with E-state index in [2.05, 4.69) is 17.2 Å². The summed E-state index contributed by atoms with van der Waals surface area (Å²) >= 11 is 0. The van der Waals surface area contributed by atoms with Crippen molar-refractivity contribution in [3.63, 3.8) is 0 Å². The molecule has 0 amide bonds. The standard InChI is InChI=1S/C40H45N3O5/c1-2-3-4-5-6-7-32(44)12-8-27-10-15-37(46)39(23-27)48-21-18-28-9-14-36(45)35(22-28)34(25-38(47)31-16-19-42-26-31)29-11-13-33-30(24-29)17-20-43-40(33)41/h6-7,9-11,13-17,19-20,22-24,26,34,40,42-43,45-46H,2-5,8,12,18,21,25,41H2,1H3/b7-6+/t34-,40-/m1/s1. The molecule has 1 aliphatic rings. The normalized spacial score (nSPS) is 14.4. The number of ketones is 2. The number of unbranched alkanes of at least 4 members (excludes halogenated alkanes) is 3. The predicted molar refractivity (Wildman–Crippen MR) is 189 cm³/mol. The molecule has 0 saturated carbocycles. The van der Waals surface area contributed by atoms with Crippen LogP contribution >= 0.6 is 0 Å². The molecular formula is C40H45N3O5. The Balaban J connectivity index is 1.28.